The Morgan fingerprint density at radius 3 is 1.34 bits per heavy atom. The van der Waals surface area contributed by atoms with E-state index in [2.05, 4.69) is 34.6 Å². The number of hydroxylamine groups is 2. The quantitative estimate of drug-likeness (QED) is 0.183. The van der Waals surface area contributed by atoms with Crippen molar-refractivity contribution in [2.75, 3.05) is 0 Å². The summed E-state index contributed by atoms with van der Waals surface area (Å²) >= 11 is 0. The molecule has 0 aliphatic carbocycles. The van der Waals surface area contributed by atoms with Crippen LogP contribution in [0.25, 0.3) is 0 Å². The van der Waals surface area contributed by atoms with Gasteiger partial charge in [0.15, 0.2) is 0 Å². The van der Waals surface area contributed by atoms with E-state index in [9.17, 15) is 4.79 Å². The monoisotopic (exact) mass is 451 g/mol. The molecular formula is C29H57NO2. The molecular weight excluding hydrogens is 394 g/mol. The van der Waals surface area contributed by atoms with E-state index in [1.807, 2.05) is 5.06 Å². The molecule has 0 spiro atoms. The summed E-state index contributed by atoms with van der Waals surface area (Å²) < 4.78 is 0. The van der Waals surface area contributed by atoms with Crippen molar-refractivity contribution in [3.63, 3.8) is 0 Å². The maximum absolute atomic E-state index is 12.4. The third kappa shape index (κ3) is 13.2. The van der Waals surface area contributed by atoms with Crippen molar-refractivity contribution in [1.82, 2.24) is 5.06 Å². The number of hydrogen-bond acceptors (Lipinski definition) is 3. The predicted molar refractivity (Wildman–Crippen MR) is 139 cm³/mol. The molecule has 0 atom stereocenters. The van der Waals surface area contributed by atoms with Crippen molar-refractivity contribution in [2.24, 2.45) is 0 Å². The molecule has 190 valence electrons. The van der Waals surface area contributed by atoms with Gasteiger partial charge < -0.3 is 4.84 Å². The minimum Gasteiger partial charge on any atom is -0.367 e. The van der Waals surface area contributed by atoms with E-state index >= 15 is 0 Å². The number of carbonyl (C=O) groups excluding carboxylic acids is 1. The lowest BCUT2D eigenvalue weighted by Crippen LogP contribution is -2.58. The Balaban J connectivity index is 1.90. The van der Waals surface area contributed by atoms with E-state index in [0.717, 1.165) is 25.7 Å². The van der Waals surface area contributed by atoms with E-state index in [0.29, 0.717) is 6.42 Å². The molecule has 1 aliphatic heterocycles. The predicted octanol–water partition coefficient (Wildman–Crippen LogP) is 9.53. The van der Waals surface area contributed by atoms with E-state index in [1.165, 1.54) is 103 Å². The van der Waals surface area contributed by atoms with Crippen LogP contribution in [0.2, 0.25) is 0 Å². The van der Waals surface area contributed by atoms with Crippen LogP contribution in [0.5, 0.6) is 0 Å². The second-order valence-electron chi connectivity index (χ2n) is 11.6. The first kappa shape index (κ1) is 29.5. The minimum atomic E-state index is -0.0638. The Labute approximate surface area is 201 Å². The average Bonchev–Trinajstić information content (AvgIpc) is 2.73. The Hall–Kier alpha value is -0.570. The van der Waals surface area contributed by atoms with Crippen molar-refractivity contribution in [3.05, 3.63) is 0 Å². The highest BCUT2D eigenvalue weighted by molar-refractivity contribution is 5.69. The Kier molecular flexibility index (Phi) is 15.6. The first-order chi connectivity index (χ1) is 15.3. The van der Waals surface area contributed by atoms with Gasteiger partial charge in [-0.1, -0.05) is 110 Å². The molecule has 0 N–H and O–H groups in total. The van der Waals surface area contributed by atoms with Gasteiger partial charge in [-0.2, -0.15) is 0 Å². The second kappa shape index (κ2) is 17.0. The highest BCUT2D eigenvalue weighted by atomic mass is 16.7. The standard InChI is InChI=1S/C29H57NO2/c1-6-7-8-9-10-11-12-13-14-15-16-17-18-19-20-21-22-24-27(31)32-30-28(2,3)25-23-26-29(30,4)5/h6-26H2,1-5H3. The summed E-state index contributed by atoms with van der Waals surface area (Å²) in [5, 5.41) is 1.99. The zero-order valence-electron chi connectivity index (χ0n) is 22.6. The fourth-order valence-electron chi connectivity index (χ4n) is 5.36. The lowest BCUT2D eigenvalue weighted by atomic mass is 9.82. The van der Waals surface area contributed by atoms with Gasteiger partial charge >= 0.3 is 5.97 Å². The van der Waals surface area contributed by atoms with Crippen LogP contribution in [0.1, 0.15) is 169 Å². The highest BCUT2D eigenvalue weighted by Gasteiger charge is 2.44. The number of hydrogen-bond donors (Lipinski definition) is 0. The zero-order valence-corrected chi connectivity index (χ0v) is 22.6. The Bertz CT molecular complexity index is 456. The fourth-order valence-corrected chi connectivity index (χ4v) is 5.36. The number of carbonyl (C=O) groups is 1. The van der Waals surface area contributed by atoms with E-state index in [1.54, 1.807) is 0 Å². The summed E-state index contributed by atoms with van der Waals surface area (Å²) in [5.41, 5.74) is -0.128. The third-order valence-corrected chi connectivity index (χ3v) is 7.35. The van der Waals surface area contributed by atoms with Crippen LogP contribution in [-0.2, 0) is 9.63 Å². The summed E-state index contributed by atoms with van der Waals surface area (Å²) in [7, 11) is 0. The van der Waals surface area contributed by atoms with Gasteiger partial charge in [0.1, 0.15) is 0 Å². The Morgan fingerprint density at radius 2 is 0.969 bits per heavy atom. The molecule has 0 aromatic rings. The lowest BCUT2D eigenvalue weighted by molar-refractivity contribution is -0.265. The van der Waals surface area contributed by atoms with Gasteiger partial charge in [-0.05, 0) is 53.4 Å². The molecule has 1 aliphatic rings. The molecule has 0 unspecified atom stereocenters. The van der Waals surface area contributed by atoms with Crippen molar-refractivity contribution >= 4 is 5.97 Å². The maximum atomic E-state index is 12.4. The topological polar surface area (TPSA) is 29.5 Å². The van der Waals surface area contributed by atoms with E-state index in [-0.39, 0.29) is 17.0 Å². The van der Waals surface area contributed by atoms with Crippen LogP contribution < -0.4 is 0 Å². The summed E-state index contributed by atoms with van der Waals surface area (Å²) in [4.78, 5) is 18.2. The van der Waals surface area contributed by atoms with Gasteiger partial charge in [-0.3, -0.25) is 4.79 Å². The van der Waals surface area contributed by atoms with Gasteiger partial charge in [0.05, 0.1) is 11.1 Å². The molecule has 1 heterocycles. The molecule has 0 bridgehead atoms. The molecule has 3 heteroatoms. The van der Waals surface area contributed by atoms with Crippen LogP contribution in [0.4, 0.5) is 0 Å². The third-order valence-electron chi connectivity index (χ3n) is 7.35. The number of unbranched alkanes of at least 4 members (excludes halogenated alkanes) is 16. The average molecular weight is 452 g/mol. The summed E-state index contributed by atoms with van der Waals surface area (Å²) in [6.45, 7) is 11.1. The smallest absolute Gasteiger partial charge is 0.325 e. The lowest BCUT2D eigenvalue weighted by Gasteiger charge is -2.50. The summed E-state index contributed by atoms with van der Waals surface area (Å²) in [6, 6.07) is 0. The van der Waals surface area contributed by atoms with Crippen molar-refractivity contribution in [3.8, 4) is 0 Å². The van der Waals surface area contributed by atoms with Crippen molar-refractivity contribution in [2.45, 2.75) is 181 Å². The number of nitrogens with zero attached hydrogens (tertiary/aromatic N) is 1. The number of rotatable bonds is 19. The van der Waals surface area contributed by atoms with Crippen LogP contribution >= 0.6 is 0 Å². The highest BCUT2D eigenvalue weighted by Crippen LogP contribution is 2.38. The van der Waals surface area contributed by atoms with Crippen LogP contribution in [0, 0.1) is 0 Å². The fraction of sp³-hybridized carbons (Fsp3) is 0.966. The number of piperidine rings is 1. The molecule has 0 aromatic heterocycles. The van der Waals surface area contributed by atoms with Crippen LogP contribution in [0.15, 0.2) is 0 Å². The van der Waals surface area contributed by atoms with Crippen LogP contribution in [-0.4, -0.2) is 22.1 Å². The van der Waals surface area contributed by atoms with E-state index < -0.39 is 0 Å². The molecule has 0 saturated carbocycles. The van der Waals surface area contributed by atoms with Gasteiger partial charge in [0, 0.05) is 6.42 Å². The maximum Gasteiger partial charge on any atom is 0.325 e. The summed E-state index contributed by atoms with van der Waals surface area (Å²) in [5.74, 6) is -0.0472. The zero-order chi connectivity index (χ0) is 23.7. The summed E-state index contributed by atoms with van der Waals surface area (Å²) in [6.07, 6.45) is 27.1. The molecule has 0 radical (unpaired) electrons. The molecule has 0 aromatic carbocycles. The van der Waals surface area contributed by atoms with Crippen molar-refractivity contribution in [1.29, 1.82) is 0 Å². The normalized spacial score (nSPS) is 18.0. The molecule has 32 heavy (non-hydrogen) atoms. The molecule has 1 fully saturated rings. The van der Waals surface area contributed by atoms with E-state index in [4.69, 9.17) is 4.84 Å². The first-order valence-corrected chi connectivity index (χ1v) is 14.3. The van der Waals surface area contributed by atoms with Gasteiger partial charge in [-0.15, -0.1) is 5.06 Å². The molecule has 3 nitrogen and oxygen atoms in total. The second-order valence-corrected chi connectivity index (χ2v) is 11.6. The van der Waals surface area contributed by atoms with Crippen molar-refractivity contribution < 1.29 is 9.63 Å². The minimum absolute atomic E-state index is 0.0472. The van der Waals surface area contributed by atoms with Gasteiger partial charge in [0.2, 0.25) is 0 Å². The van der Waals surface area contributed by atoms with Gasteiger partial charge in [-0.25, -0.2) is 0 Å². The largest absolute Gasteiger partial charge is 0.367 e. The molecule has 1 rings (SSSR count). The molecule has 0 amide bonds. The SMILES string of the molecule is CCCCCCCCCCCCCCCCCCCC(=O)ON1C(C)(C)CCCC1(C)C. The van der Waals surface area contributed by atoms with Crippen LogP contribution in [0.3, 0.4) is 0 Å². The van der Waals surface area contributed by atoms with Gasteiger partial charge in [0.25, 0.3) is 0 Å². The molecule has 1 saturated heterocycles. The first-order valence-electron chi connectivity index (χ1n) is 14.3. The Morgan fingerprint density at radius 1 is 0.625 bits per heavy atom.